The molecule has 1 amide bonds. The second-order valence-electron chi connectivity index (χ2n) is 5.68. The van der Waals surface area contributed by atoms with E-state index >= 15 is 0 Å². The number of carbonyl (C=O) groups excluding carboxylic acids is 1. The van der Waals surface area contributed by atoms with Crippen molar-refractivity contribution >= 4 is 17.7 Å². The Hall–Kier alpha value is -0.960. The highest BCUT2D eigenvalue weighted by Gasteiger charge is 2.40. The molecule has 2 nitrogen and oxygen atoms in total. The summed E-state index contributed by atoms with van der Waals surface area (Å²) >= 11 is 1.74. The Morgan fingerprint density at radius 3 is 2.84 bits per heavy atom. The van der Waals surface area contributed by atoms with E-state index in [4.69, 9.17) is 0 Å². The molecule has 3 atom stereocenters. The van der Waals surface area contributed by atoms with Gasteiger partial charge in [0.2, 0.25) is 0 Å². The maximum Gasteiger partial charge on any atom is 0.252 e. The second kappa shape index (κ2) is 5.58. The van der Waals surface area contributed by atoms with E-state index in [1.165, 1.54) is 25.7 Å². The first-order valence-electron chi connectivity index (χ1n) is 7.30. The minimum atomic E-state index is 0.120. The smallest absolute Gasteiger partial charge is 0.252 e. The van der Waals surface area contributed by atoms with Crippen LogP contribution in [-0.4, -0.2) is 17.7 Å². The number of thioether (sulfide) groups is 1. The SMILES string of the molecule is CCSc1ccccc1C(=O)NC1CC2CCC1C2. The van der Waals surface area contributed by atoms with E-state index in [0.717, 1.165) is 28.0 Å². The molecule has 2 saturated carbocycles. The molecule has 1 N–H and O–H groups in total. The fourth-order valence-electron chi connectivity index (χ4n) is 3.60. The van der Waals surface area contributed by atoms with Crippen molar-refractivity contribution < 1.29 is 4.79 Å². The van der Waals surface area contributed by atoms with Gasteiger partial charge in [-0.25, -0.2) is 0 Å². The van der Waals surface area contributed by atoms with Crippen molar-refractivity contribution in [1.82, 2.24) is 5.32 Å². The van der Waals surface area contributed by atoms with Crippen LogP contribution >= 0.6 is 11.8 Å². The van der Waals surface area contributed by atoms with Crippen LogP contribution < -0.4 is 5.32 Å². The topological polar surface area (TPSA) is 29.1 Å². The second-order valence-corrected chi connectivity index (χ2v) is 6.99. The number of benzene rings is 1. The largest absolute Gasteiger partial charge is 0.349 e. The molecule has 0 spiro atoms. The molecular formula is C16H21NOS. The van der Waals surface area contributed by atoms with Crippen LogP contribution in [0, 0.1) is 11.8 Å². The molecule has 3 rings (SSSR count). The van der Waals surface area contributed by atoms with Crippen LogP contribution in [0.5, 0.6) is 0 Å². The van der Waals surface area contributed by atoms with Gasteiger partial charge in [0.1, 0.15) is 0 Å². The molecule has 0 saturated heterocycles. The van der Waals surface area contributed by atoms with E-state index in [-0.39, 0.29) is 5.91 Å². The molecule has 0 heterocycles. The van der Waals surface area contributed by atoms with E-state index in [1.807, 2.05) is 24.3 Å². The van der Waals surface area contributed by atoms with E-state index in [2.05, 4.69) is 12.2 Å². The van der Waals surface area contributed by atoms with Crippen molar-refractivity contribution in [2.75, 3.05) is 5.75 Å². The van der Waals surface area contributed by atoms with E-state index in [0.29, 0.717) is 6.04 Å². The van der Waals surface area contributed by atoms with Crippen molar-refractivity contribution in [2.24, 2.45) is 11.8 Å². The lowest BCUT2D eigenvalue weighted by Gasteiger charge is -2.23. The van der Waals surface area contributed by atoms with Crippen LogP contribution in [0.2, 0.25) is 0 Å². The zero-order chi connectivity index (χ0) is 13.2. The van der Waals surface area contributed by atoms with Crippen molar-refractivity contribution in [3.8, 4) is 0 Å². The summed E-state index contributed by atoms with van der Waals surface area (Å²) in [5.41, 5.74) is 0.845. The summed E-state index contributed by atoms with van der Waals surface area (Å²) in [7, 11) is 0. The van der Waals surface area contributed by atoms with Crippen molar-refractivity contribution in [2.45, 2.75) is 43.5 Å². The number of nitrogens with one attached hydrogen (secondary N) is 1. The number of hydrogen-bond acceptors (Lipinski definition) is 2. The third-order valence-corrected chi connectivity index (χ3v) is 5.44. The highest BCUT2D eigenvalue weighted by molar-refractivity contribution is 7.99. The summed E-state index contributed by atoms with van der Waals surface area (Å²) in [5.74, 6) is 2.72. The molecule has 1 aromatic carbocycles. The lowest BCUT2D eigenvalue weighted by atomic mass is 9.95. The molecule has 2 fully saturated rings. The maximum absolute atomic E-state index is 12.4. The Kier molecular flexibility index (Phi) is 3.83. The summed E-state index contributed by atoms with van der Waals surface area (Å²) in [6, 6.07) is 8.37. The molecule has 2 aliphatic rings. The van der Waals surface area contributed by atoms with Crippen LogP contribution in [0.25, 0.3) is 0 Å². The first kappa shape index (κ1) is 13.0. The van der Waals surface area contributed by atoms with Crippen LogP contribution in [0.3, 0.4) is 0 Å². The summed E-state index contributed by atoms with van der Waals surface area (Å²) in [6.07, 6.45) is 5.20. The van der Waals surface area contributed by atoms with Gasteiger partial charge in [-0.1, -0.05) is 25.5 Å². The molecule has 102 valence electrons. The number of fused-ring (bicyclic) bond motifs is 2. The highest BCUT2D eigenvalue weighted by Crippen LogP contribution is 2.44. The molecule has 0 radical (unpaired) electrons. The maximum atomic E-state index is 12.4. The summed E-state index contributed by atoms with van der Waals surface area (Å²) in [6.45, 7) is 2.12. The molecule has 0 aromatic heterocycles. The summed E-state index contributed by atoms with van der Waals surface area (Å²) < 4.78 is 0. The van der Waals surface area contributed by atoms with Gasteiger partial charge in [0, 0.05) is 10.9 Å². The third kappa shape index (κ3) is 2.66. The van der Waals surface area contributed by atoms with Crippen LogP contribution in [0.1, 0.15) is 43.0 Å². The molecule has 0 aliphatic heterocycles. The fraction of sp³-hybridized carbons (Fsp3) is 0.562. The lowest BCUT2D eigenvalue weighted by Crippen LogP contribution is -2.38. The summed E-state index contributed by atoms with van der Waals surface area (Å²) in [4.78, 5) is 13.6. The van der Waals surface area contributed by atoms with Crippen LogP contribution in [0.15, 0.2) is 29.2 Å². The van der Waals surface area contributed by atoms with Crippen molar-refractivity contribution in [3.05, 3.63) is 29.8 Å². The quantitative estimate of drug-likeness (QED) is 0.849. The number of amides is 1. The monoisotopic (exact) mass is 275 g/mol. The third-order valence-electron chi connectivity index (χ3n) is 4.49. The van der Waals surface area contributed by atoms with Gasteiger partial charge in [-0.2, -0.15) is 0 Å². The molecular weight excluding hydrogens is 254 g/mol. The first-order valence-corrected chi connectivity index (χ1v) is 8.29. The number of hydrogen-bond donors (Lipinski definition) is 1. The van der Waals surface area contributed by atoms with Gasteiger partial charge in [0.15, 0.2) is 0 Å². The van der Waals surface area contributed by atoms with Gasteiger partial charge in [-0.3, -0.25) is 4.79 Å². The van der Waals surface area contributed by atoms with E-state index in [1.54, 1.807) is 11.8 Å². The van der Waals surface area contributed by atoms with Gasteiger partial charge in [0.05, 0.1) is 5.56 Å². The Balaban J connectivity index is 1.70. The molecule has 2 aliphatic carbocycles. The molecule has 1 aromatic rings. The summed E-state index contributed by atoms with van der Waals surface area (Å²) in [5, 5.41) is 3.27. The van der Waals surface area contributed by atoms with E-state index < -0.39 is 0 Å². The zero-order valence-electron chi connectivity index (χ0n) is 11.4. The predicted molar refractivity (Wildman–Crippen MR) is 79.5 cm³/mol. The van der Waals surface area contributed by atoms with Gasteiger partial charge < -0.3 is 5.32 Å². The molecule has 3 heteroatoms. The zero-order valence-corrected chi connectivity index (χ0v) is 12.2. The number of rotatable bonds is 4. The van der Waals surface area contributed by atoms with Crippen molar-refractivity contribution in [1.29, 1.82) is 0 Å². The van der Waals surface area contributed by atoms with Gasteiger partial charge in [-0.05, 0) is 49.0 Å². The first-order chi connectivity index (χ1) is 9.28. The fourth-order valence-corrected chi connectivity index (χ4v) is 4.41. The normalized spacial score (nSPS) is 28.6. The van der Waals surface area contributed by atoms with Crippen molar-refractivity contribution in [3.63, 3.8) is 0 Å². The highest BCUT2D eigenvalue weighted by atomic mass is 32.2. The standard InChI is InChI=1S/C16H21NOS/c1-2-19-15-6-4-3-5-13(15)16(18)17-14-10-11-7-8-12(14)9-11/h3-6,11-12,14H,2,7-10H2,1H3,(H,17,18). The average molecular weight is 275 g/mol. The predicted octanol–water partition coefficient (Wildman–Crippen LogP) is 3.72. The Morgan fingerprint density at radius 2 is 2.16 bits per heavy atom. The van der Waals surface area contributed by atoms with Gasteiger partial charge >= 0.3 is 0 Å². The van der Waals surface area contributed by atoms with Gasteiger partial charge in [0.25, 0.3) is 5.91 Å². The Morgan fingerprint density at radius 1 is 1.32 bits per heavy atom. The minimum Gasteiger partial charge on any atom is -0.349 e. The van der Waals surface area contributed by atoms with Crippen LogP contribution in [0.4, 0.5) is 0 Å². The molecule has 19 heavy (non-hydrogen) atoms. The Labute approximate surface area is 119 Å². The van der Waals surface area contributed by atoms with Gasteiger partial charge in [-0.15, -0.1) is 11.8 Å². The average Bonchev–Trinajstić information content (AvgIpc) is 3.02. The minimum absolute atomic E-state index is 0.120. The van der Waals surface area contributed by atoms with Crippen LogP contribution in [-0.2, 0) is 0 Å². The van der Waals surface area contributed by atoms with E-state index in [9.17, 15) is 4.79 Å². The molecule has 2 bridgehead atoms. The molecule has 3 unspecified atom stereocenters. The number of carbonyl (C=O) groups is 1. The Bertz CT molecular complexity index is 474. The lowest BCUT2D eigenvalue weighted by molar-refractivity contribution is 0.0920.